The highest BCUT2D eigenvalue weighted by Gasteiger charge is 2.47. The first-order valence-corrected chi connectivity index (χ1v) is 23.0. The van der Waals surface area contributed by atoms with Crippen LogP contribution in [0.25, 0.3) is 12.2 Å². The smallest absolute Gasteiger partial charge is 0.177 e. The van der Waals surface area contributed by atoms with Crippen molar-refractivity contribution in [2.45, 2.75) is 101 Å². The van der Waals surface area contributed by atoms with Gasteiger partial charge in [-0.15, -0.1) is 11.8 Å². The van der Waals surface area contributed by atoms with Crippen LogP contribution in [0.3, 0.4) is 0 Å². The summed E-state index contributed by atoms with van der Waals surface area (Å²) in [7, 11) is 0. The maximum absolute atomic E-state index is 5.63. The molecule has 3 heterocycles. The van der Waals surface area contributed by atoms with E-state index in [1.807, 2.05) is 0 Å². The van der Waals surface area contributed by atoms with Gasteiger partial charge in [0, 0.05) is 43.8 Å². The first kappa shape index (κ1) is 36.2. The van der Waals surface area contributed by atoms with Crippen molar-refractivity contribution >= 4 is 35.6 Å². The van der Waals surface area contributed by atoms with Crippen LogP contribution in [0.5, 0.6) is 0 Å². The number of benzene rings is 1. The van der Waals surface area contributed by atoms with Crippen LogP contribution < -0.4 is 15.9 Å². The molecule has 1 aromatic carbocycles. The molecule has 11 rings (SSSR count). The lowest BCUT2D eigenvalue weighted by atomic mass is 9.67. The van der Waals surface area contributed by atoms with Gasteiger partial charge in [-0.25, -0.2) is 9.98 Å². The lowest BCUT2D eigenvalue weighted by Crippen LogP contribution is -2.43. The fourth-order valence-electron chi connectivity index (χ4n) is 11.5. The van der Waals surface area contributed by atoms with Crippen LogP contribution in [0.4, 0.5) is 0 Å². The average molecular weight is 779 g/mol. The third-order valence-corrected chi connectivity index (χ3v) is 15.7. The van der Waals surface area contributed by atoms with Gasteiger partial charge in [0.15, 0.2) is 5.66 Å². The molecule has 0 amide bonds. The molecule has 292 valence electrons. The molecule has 1 aromatic heterocycles. The van der Waals surface area contributed by atoms with Crippen LogP contribution in [0.2, 0.25) is 0 Å². The Morgan fingerprint density at radius 1 is 0.810 bits per heavy atom. The molecule has 1 N–H and O–H groups in total. The molecule has 0 fully saturated rings. The molecule has 7 aliphatic carbocycles. The molecule has 0 bridgehead atoms. The summed E-state index contributed by atoms with van der Waals surface area (Å²) in [6, 6.07) is 11.1. The Bertz CT molecular complexity index is 2590. The van der Waals surface area contributed by atoms with E-state index in [1.54, 1.807) is 22.0 Å². The molecule has 58 heavy (non-hydrogen) atoms. The minimum absolute atomic E-state index is 0.305. The topological polar surface area (TPSA) is 41.7 Å². The van der Waals surface area contributed by atoms with Gasteiger partial charge in [-0.2, -0.15) is 0 Å². The largest absolute Gasteiger partial charge is 0.337 e. The number of thioether (sulfide) groups is 1. The van der Waals surface area contributed by atoms with E-state index in [0.717, 1.165) is 87.0 Å². The second-order valence-electron chi connectivity index (χ2n) is 17.6. The maximum Gasteiger partial charge on any atom is 0.177 e. The predicted octanol–water partition coefficient (Wildman–Crippen LogP) is 11.1. The van der Waals surface area contributed by atoms with E-state index in [0.29, 0.717) is 29.0 Å². The molecular weight excluding hydrogens is 725 g/mol. The van der Waals surface area contributed by atoms with E-state index in [-0.39, 0.29) is 0 Å². The Hall–Kier alpha value is -4.87. The summed E-state index contributed by atoms with van der Waals surface area (Å²) >= 11 is 2.17. The Morgan fingerprint density at radius 2 is 1.69 bits per heavy atom. The third-order valence-electron chi connectivity index (χ3n) is 14.2. The van der Waals surface area contributed by atoms with Crippen molar-refractivity contribution in [3.05, 3.63) is 175 Å². The van der Waals surface area contributed by atoms with E-state index in [1.165, 1.54) is 39.0 Å². The lowest BCUT2D eigenvalue weighted by molar-refractivity contribution is 0.410. The van der Waals surface area contributed by atoms with Crippen molar-refractivity contribution in [1.82, 2.24) is 9.88 Å². The third kappa shape index (κ3) is 6.10. The molecular formula is C53H54N4S. The number of allylic oxidation sites excluding steroid dienone is 15. The number of rotatable bonds is 6. The number of hydrogen-bond acceptors (Lipinski definition) is 4. The Kier molecular flexibility index (Phi) is 9.21. The van der Waals surface area contributed by atoms with Crippen molar-refractivity contribution in [1.29, 1.82) is 0 Å². The molecule has 9 aliphatic rings. The summed E-state index contributed by atoms with van der Waals surface area (Å²) in [6.07, 6.45) is 48.0. The number of nitrogens with one attached hydrogen (secondary N) is 1. The number of aromatic nitrogens is 1. The monoisotopic (exact) mass is 778 g/mol. The van der Waals surface area contributed by atoms with E-state index < -0.39 is 5.66 Å². The van der Waals surface area contributed by atoms with Gasteiger partial charge in [0.25, 0.3) is 0 Å². The average Bonchev–Trinajstić information content (AvgIpc) is 3.84. The van der Waals surface area contributed by atoms with E-state index in [9.17, 15) is 0 Å². The minimum Gasteiger partial charge on any atom is -0.337 e. The second kappa shape index (κ2) is 14.7. The quantitative estimate of drug-likeness (QED) is 0.317. The maximum atomic E-state index is 5.63. The van der Waals surface area contributed by atoms with Crippen molar-refractivity contribution in [3.8, 4) is 0 Å². The van der Waals surface area contributed by atoms with Crippen LogP contribution in [0, 0.1) is 17.8 Å². The van der Waals surface area contributed by atoms with E-state index in [4.69, 9.17) is 9.98 Å². The minimum atomic E-state index is -0.782. The van der Waals surface area contributed by atoms with Gasteiger partial charge < -0.3 is 9.88 Å². The normalized spacial score (nSPS) is 30.8. The summed E-state index contributed by atoms with van der Waals surface area (Å²) in [5, 5.41) is 7.23. The summed E-state index contributed by atoms with van der Waals surface area (Å²) in [6.45, 7) is 4.83. The molecule has 4 nitrogen and oxygen atoms in total. The lowest BCUT2D eigenvalue weighted by Gasteiger charge is -2.39. The van der Waals surface area contributed by atoms with Crippen LogP contribution in [-0.4, -0.2) is 21.9 Å². The summed E-state index contributed by atoms with van der Waals surface area (Å²) < 4.78 is 2.74. The van der Waals surface area contributed by atoms with E-state index >= 15 is 0 Å². The van der Waals surface area contributed by atoms with Crippen molar-refractivity contribution in [2.75, 3.05) is 0 Å². The Balaban J connectivity index is 1.01. The van der Waals surface area contributed by atoms with Crippen LogP contribution >= 0.6 is 11.8 Å². The summed E-state index contributed by atoms with van der Waals surface area (Å²) in [5.41, 5.74) is 12.2. The van der Waals surface area contributed by atoms with E-state index in [2.05, 4.69) is 157 Å². The van der Waals surface area contributed by atoms with Crippen LogP contribution in [0.1, 0.15) is 106 Å². The van der Waals surface area contributed by atoms with Gasteiger partial charge in [-0.1, -0.05) is 134 Å². The number of nitrogens with zero attached hydrogens (tertiary/aromatic N) is 3. The summed E-state index contributed by atoms with van der Waals surface area (Å²) in [4.78, 5) is 12.8. The van der Waals surface area contributed by atoms with Gasteiger partial charge in [0.2, 0.25) is 0 Å². The fraction of sp³-hybridized carbons (Fsp3) is 0.358. The molecule has 5 heteroatoms. The fourth-order valence-corrected chi connectivity index (χ4v) is 13.2. The standard InChI is InChI=1S/C53H54N4S/c1-34-40(30-32-47-48(34)43-29-31-46-49(50(43)58-47)42-25-15-16-26-45(42)57(46)39-23-13-6-14-24-39)41-28-27-38(35-17-7-3-8-18-35)33-44(41)53(2)55-51(36-19-9-4-10-20-36)54-52(56-53)37-21-11-5-12-22-37/h3-4,6-7,9-11,13-14,17,19-23,25-26,30,32-34,39-40,43,50H,5,8,12,15-16,18,24,27-29,31H2,1-2H3,(H,54,55,56). The van der Waals surface area contributed by atoms with Gasteiger partial charge in [-0.3, -0.25) is 0 Å². The number of aliphatic imine (C=N–C) groups is 2. The van der Waals surface area contributed by atoms with Crippen molar-refractivity contribution in [2.24, 2.45) is 27.7 Å². The van der Waals surface area contributed by atoms with Crippen molar-refractivity contribution in [3.63, 3.8) is 0 Å². The highest BCUT2D eigenvalue weighted by atomic mass is 32.2. The molecule has 0 spiro atoms. The SMILES string of the molecule is CC1C2=C(C=CC1C1=C(C3(C)N=C(C4=CCCC=C4)NC(c4ccccc4)=N3)C=C(C3=CC=CCC3)CC1)SC1c3c(n(C4C=CC=CC4)c4c3=CCCC=4)CCC21. The number of amidine groups is 2. The number of fused-ring (bicyclic) bond motifs is 6. The zero-order valence-electron chi connectivity index (χ0n) is 34.0. The van der Waals surface area contributed by atoms with Crippen LogP contribution in [-0.2, 0) is 6.42 Å². The predicted molar refractivity (Wildman–Crippen MR) is 244 cm³/mol. The van der Waals surface area contributed by atoms with Crippen molar-refractivity contribution < 1.29 is 0 Å². The first-order chi connectivity index (χ1) is 28.5. The highest BCUT2D eigenvalue weighted by molar-refractivity contribution is 8.03. The Labute approximate surface area is 348 Å². The highest BCUT2D eigenvalue weighted by Crippen LogP contribution is 2.61. The van der Waals surface area contributed by atoms with Gasteiger partial charge in [0.1, 0.15) is 11.7 Å². The van der Waals surface area contributed by atoms with Gasteiger partial charge in [-0.05, 0) is 117 Å². The molecule has 6 unspecified atom stereocenters. The van der Waals surface area contributed by atoms with Gasteiger partial charge in [0.05, 0.1) is 6.04 Å². The number of hydrogen-bond donors (Lipinski definition) is 1. The van der Waals surface area contributed by atoms with Gasteiger partial charge >= 0.3 is 0 Å². The zero-order valence-corrected chi connectivity index (χ0v) is 34.8. The summed E-state index contributed by atoms with van der Waals surface area (Å²) in [5.74, 6) is 3.11. The molecule has 2 aromatic rings. The second-order valence-corrected chi connectivity index (χ2v) is 18.8. The van der Waals surface area contributed by atoms with Crippen LogP contribution in [0.15, 0.2) is 158 Å². The molecule has 6 atom stereocenters. The molecule has 0 saturated heterocycles. The molecule has 0 radical (unpaired) electrons. The first-order valence-electron chi connectivity index (χ1n) is 22.1. The Morgan fingerprint density at radius 3 is 2.52 bits per heavy atom. The molecule has 2 aliphatic heterocycles. The molecule has 0 saturated carbocycles. The zero-order chi connectivity index (χ0) is 38.8.